The van der Waals surface area contributed by atoms with Crippen LogP contribution in [0.1, 0.15) is 19.8 Å². The maximum Gasteiger partial charge on any atom is 0.264 e. The summed E-state index contributed by atoms with van der Waals surface area (Å²) in [6.07, 6.45) is 6.17. The van der Waals surface area contributed by atoms with Gasteiger partial charge in [0.2, 0.25) is 0 Å². The van der Waals surface area contributed by atoms with E-state index in [0.717, 1.165) is 26.2 Å². The predicted octanol–water partition coefficient (Wildman–Crippen LogP) is 1.52. The van der Waals surface area contributed by atoms with E-state index in [4.69, 9.17) is 4.55 Å². The van der Waals surface area contributed by atoms with Crippen LogP contribution in [0, 0.1) is 0 Å². The molecule has 0 saturated carbocycles. The molecule has 0 atom stereocenters. The average molecular weight is 302 g/mol. The summed E-state index contributed by atoms with van der Waals surface area (Å²) < 4.78 is 26.9. The standard InChI is InChI=1S/C12H20N2.C2H6O3S/c1-3-5-9-13-11-7-8-12-14-10-6-4-2;1-2-6(3,4)5/h5-6,13-14H,1-2,7-12H2;2H2,1H3,(H,3,4,5). The van der Waals surface area contributed by atoms with Gasteiger partial charge in [-0.05, 0) is 45.0 Å². The van der Waals surface area contributed by atoms with E-state index < -0.39 is 10.1 Å². The first-order valence-corrected chi connectivity index (χ1v) is 8.14. The lowest BCUT2D eigenvalue weighted by atomic mass is 10.3. The van der Waals surface area contributed by atoms with Crippen molar-refractivity contribution in [2.75, 3.05) is 31.9 Å². The van der Waals surface area contributed by atoms with Crippen molar-refractivity contribution in [2.45, 2.75) is 19.8 Å². The number of hydrogen-bond acceptors (Lipinski definition) is 4. The van der Waals surface area contributed by atoms with Crippen molar-refractivity contribution in [1.82, 2.24) is 10.6 Å². The zero-order valence-electron chi connectivity index (χ0n) is 12.2. The molecule has 0 saturated heterocycles. The van der Waals surface area contributed by atoms with Crippen molar-refractivity contribution in [3.8, 4) is 0 Å². The third-order valence-corrected chi connectivity index (χ3v) is 2.83. The molecule has 0 aromatic rings. The summed E-state index contributed by atoms with van der Waals surface area (Å²) >= 11 is 0. The fourth-order valence-electron chi connectivity index (χ4n) is 0.993. The average Bonchev–Trinajstić information content (AvgIpc) is 2.41. The van der Waals surface area contributed by atoms with E-state index in [1.54, 1.807) is 0 Å². The molecule has 6 heteroatoms. The Kier molecular flexibility index (Phi) is 16.9. The van der Waals surface area contributed by atoms with Crippen LogP contribution in [0.15, 0.2) is 36.8 Å². The Morgan fingerprint density at radius 3 is 1.65 bits per heavy atom. The predicted molar refractivity (Wildman–Crippen MR) is 84.5 cm³/mol. The summed E-state index contributed by atoms with van der Waals surface area (Å²) in [4.78, 5) is 0. The molecule has 3 N–H and O–H groups in total. The van der Waals surface area contributed by atoms with E-state index >= 15 is 0 Å². The molecule has 0 unspecified atom stereocenters. The van der Waals surface area contributed by atoms with Gasteiger partial charge in [0.25, 0.3) is 10.1 Å². The van der Waals surface area contributed by atoms with Crippen molar-refractivity contribution in [3.05, 3.63) is 36.8 Å². The summed E-state index contributed by atoms with van der Waals surface area (Å²) in [5, 5.41) is 6.54. The number of unbranched alkanes of at least 4 members (excludes halogenated alkanes) is 1. The smallest absolute Gasteiger partial charge is 0.264 e. The highest BCUT2D eigenvalue weighted by molar-refractivity contribution is 7.85. The van der Waals surface area contributed by atoms with E-state index in [1.165, 1.54) is 19.8 Å². The minimum atomic E-state index is -3.66. The first kappa shape index (κ1) is 21.2. The fraction of sp³-hybridized carbons (Fsp3) is 0.571. The maximum absolute atomic E-state index is 9.56. The second-order valence-corrected chi connectivity index (χ2v) is 5.54. The summed E-state index contributed by atoms with van der Waals surface area (Å²) in [6.45, 7) is 12.2. The van der Waals surface area contributed by atoms with Crippen molar-refractivity contribution in [3.63, 3.8) is 0 Å². The molecule has 0 spiro atoms. The molecule has 0 aliphatic heterocycles. The molecule has 0 heterocycles. The van der Waals surface area contributed by atoms with Gasteiger partial charge in [0.1, 0.15) is 0 Å². The van der Waals surface area contributed by atoms with Crippen molar-refractivity contribution in [1.29, 1.82) is 0 Å². The summed E-state index contributed by atoms with van der Waals surface area (Å²) in [6, 6.07) is 0. The largest absolute Gasteiger partial charge is 0.313 e. The minimum Gasteiger partial charge on any atom is -0.313 e. The monoisotopic (exact) mass is 302 g/mol. The first-order chi connectivity index (χ1) is 9.47. The van der Waals surface area contributed by atoms with Gasteiger partial charge in [0.15, 0.2) is 0 Å². The molecule has 0 rings (SSSR count). The Morgan fingerprint density at radius 1 is 1.05 bits per heavy atom. The topological polar surface area (TPSA) is 78.4 Å². The van der Waals surface area contributed by atoms with Gasteiger partial charge >= 0.3 is 0 Å². The zero-order chi connectivity index (χ0) is 15.7. The Bertz CT molecular complexity index is 382. The van der Waals surface area contributed by atoms with Gasteiger partial charge in [-0.1, -0.05) is 13.2 Å². The Labute approximate surface area is 122 Å². The summed E-state index contributed by atoms with van der Waals surface area (Å²) in [5.41, 5.74) is 5.45. The van der Waals surface area contributed by atoms with Crippen LogP contribution >= 0.6 is 0 Å². The van der Waals surface area contributed by atoms with Gasteiger partial charge in [-0.25, -0.2) is 0 Å². The molecular formula is C14H26N2O3S. The van der Waals surface area contributed by atoms with Crippen LogP contribution in [0.2, 0.25) is 0 Å². The van der Waals surface area contributed by atoms with E-state index in [9.17, 15) is 8.42 Å². The van der Waals surface area contributed by atoms with E-state index in [1.807, 2.05) is 12.2 Å². The normalized spacial score (nSPS) is 9.70. The van der Waals surface area contributed by atoms with Gasteiger partial charge in [0.05, 0.1) is 5.75 Å². The molecule has 20 heavy (non-hydrogen) atoms. The van der Waals surface area contributed by atoms with E-state index in [2.05, 4.69) is 35.3 Å². The Balaban J connectivity index is 0. The molecule has 0 fully saturated rings. The van der Waals surface area contributed by atoms with E-state index in [0.29, 0.717) is 0 Å². The zero-order valence-corrected chi connectivity index (χ0v) is 13.0. The molecule has 0 aromatic heterocycles. The lowest BCUT2D eigenvalue weighted by molar-refractivity contribution is 0.484. The quantitative estimate of drug-likeness (QED) is 0.324. The van der Waals surface area contributed by atoms with Crippen LogP contribution < -0.4 is 10.6 Å². The molecule has 0 amide bonds. The third-order valence-electron chi connectivity index (χ3n) is 2.10. The molecule has 116 valence electrons. The first-order valence-electron chi connectivity index (χ1n) is 6.53. The molecule has 0 bridgehead atoms. The second kappa shape index (κ2) is 15.9. The highest BCUT2D eigenvalue weighted by Gasteiger charge is 1.93. The van der Waals surface area contributed by atoms with Crippen molar-refractivity contribution < 1.29 is 13.0 Å². The lowest BCUT2D eigenvalue weighted by Crippen LogP contribution is -2.18. The van der Waals surface area contributed by atoms with E-state index in [-0.39, 0.29) is 5.75 Å². The van der Waals surface area contributed by atoms with Gasteiger partial charge in [-0.15, -0.1) is 11.5 Å². The molecule has 5 nitrogen and oxygen atoms in total. The Hall–Kier alpha value is -1.13. The van der Waals surface area contributed by atoms with Crippen LogP contribution in [-0.2, 0) is 10.1 Å². The maximum atomic E-state index is 9.56. The van der Waals surface area contributed by atoms with Gasteiger partial charge in [-0.2, -0.15) is 8.42 Å². The molecule has 0 radical (unpaired) electrons. The summed E-state index contributed by atoms with van der Waals surface area (Å²) in [7, 11) is -3.66. The molecule has 0 aliphatic rings. The minimum absolute atomic E-state index is 0.201. The molecule has 0 aliphatic carbocycles. The highest BCUT2D eigenvalue weighted by Crippen LogP contribution is 1.84. The fourth-order valence-corrected chi connectivity index (χ4v) is 0.993. The highest BCUT2D eigenvalue weighted by atomic mass is 32.2. The van der Waals surface area contributed by atoms with Crippen molar-refractivity contribution in [2.24, 2.45) is 0 Å². The lowest BCUT2D eigenvalue weighted by Gasteiger charge is -2.02. The van der Waals surface area contributed by atoms with Crippen LogP contribution in [0.3, 0.4) is 0 Å². The second-order valence-electron chi connectivity index (χ2n) is 3.80. The SMILES string of the molecule is C=C=CCNCCCCNCC=C=C.CCS(=O)(=O)O. The van der Waals surface area contributed by atoms with Gasteiger partial charge < -0.3 is 10.6 Å². The third kappa shape index (κ3) is 25.7. The number of nitrogens with one attached hydrogen (secondary N) is 2. The van der Waals surface area contributed by atoms with Crippen LogP contribution in [-0.4, -0.2) is 44.9 Å². The van der Waals surface area contributed by atoms with Gasteiger partial charge in [-0.3, -0.25) is 4.55 Å². The Morgan fingerprint density at radius 2 is 1.40 bits per heavy atom. The molecule has 0 aromatic carbocycles. The number of rotatable bonds is 10. The number of hydrogen-bond donors (Lipinski definition) is 3. The van der Waals surface area contributed by atoms with Crippen LogP contribution in [0.4, 0.5) is 0 Å². The molecular weight excluding hydrogens is 276 g/mol. The summed E-state index contributed by atoms with van der Waals surface area (Å²) in [5.74, 6) is -0.201. The van der Waals surface area contributed by atoms with Crippen LogP contribution in [0.5, 0.6) is 0 Å². The van der Waals surface area contributed by atoms with Crippen molar-refractivity contribution >= 4 is 10.1 Å². The van der Waals surface area contributed by atoms with Gasteiger partial charge in [0, 0.05) is 13.1 Å². The van der Waals surface area contributed by atoms with Crippen LogP contribution in [0.25, 0.3) is 0 Å².